The number of hydrogen-bond acceptors (Lipinski definition) is 4. The molecule has 0 fully saturated rings. The molecule has 0 aliphatic rings. The number of carbonyl (C=O) groups is 1. The molecule has 2 N–H and O–H groups in total. The van der Waals surface area contributed by atoms with Gasteiger partial charge in [0.25, 0.3) is 5.91 Å². The van der Waals surface area contributed by atoms with Gasteiger partial charge in [0, 0.05) is 17.2 Å². The summed E-state index contributed by atoms with van der Waals surface area (Å²) in [6.45, 7) is 2.38. The molecular weight excluding hydrogens is 394 g/mol. The number of nitrogens with one attached hydrogen (secondary N) is 2. The molecule has 0 spiro atoms. The fourth-order valence-electron chi connectivity index (χ4n) is 2.32. The van der Waals surface area contributed by atoms with Crippen LogP contribution in [0.5, 0.6) is 5.75 Å². The summed E-state index contributed by atoms with van der Waals surface area (Å²) in [5, 5.41) is 15.1. The highest BCUT2D eigenvalue weighted by Gasteiger charge is 2.13. The Kier molecular flexibility index (Phi) is 7.24. The van der Waals surface area contributed by atoms with Gasteiger partial charge in [-0.1, -0.05) is 40.2 Å². The van der Waals surface area contributed by atoms with E-state index in [1.165, 1.54) is 6.20 Å². The molecular formula is C20H20BrN3O2. The number of carbonyl (C=O) groups excluding carboxylic acids is 1. The van der Waals surface area contributed by atoms with Gasteiger partial charge in [0.2, 0.25) is 0 Å². The minimum Gasteiger partial charge on any atom is -0.497 e. The van der Waals surface area contributed by atoms with Crippen molar-refractivity contribution in [2.45, 2.75) is 19.5 Å². The van der Waals surface area contributed by atoms with Crippen LogP contribution in [0, 0.1) is 11.3 Å². The summed E-state index contributed by atoms with van der Waals surface area (Å²) in [6, 6.07) is 16.9. The molecule has 0 saturated heterocycles. The maximum absolute atomic E-state index is 12.3. The lowest BCUT2D eigenvalue weighted by Gasteiger charge is -2.14. The van der Waals surface area contributed by atoms with E-state index >= 15 is 0 Å². The molecule has 1 unspecified atom stereocenters. The fourth-order valence-corrected chi connectivity index (χ4v) is 2.76. The fraction of sp³-hybridized carbons (Fsp3) is 0.200. The maximum Gasteiger partial charge on any atom is 0.263 e. The van der Waals surface area contributed by atoms with Gasteiger partial charge in [0.05, 0.1) is 13.2 Å². The van der Waals surface area contributed by atoms with Crippen molar-refractivity contribution in [2.75, 3.05) is 7.11 Å². The Labute approximate surface area is 161 Å². The molecule has 1 amide bonds. The summed E-state index contributed by atoms with van der Waals surface area (Å²) in [4.78, 5) is 12.3. The van der Waals surface area contributed by atoms with Crippen LogP contribution in [0.25, 0.3) is 0 Å². The van der Waals surface area contributed by atoms with Gasteiger partial charge in [-0.2, -0.15) is 5.26 Å². The Morgan fingerprint density at radius 3 is 2.65 bits per heavy atom. The molecule has 5 nitrogen and oxygen atoms in total. The Hall–Kier alpha value is -2.78. The van der Waals surface area contributed by atoms with Crippen LogP contribution >= 0.6 is 15.9 Å². The van der Waals surface area contributed by atoms with E-state index in [0.717, 1.165) is 21.3 Å². The van der Waals surface area contributed by atoms with E-state index in [4.69, 9.17) is 4.74 Å². The molecule has 0 heterocycles. The molecule has 26 heavy (non-hydrogen) atoms. The van der Waals surface area contributed by atoms with Crippen molar-refractivity contribution in [3.05, 3.63) is 75.9 Å². The van der Waals surface area contributed by atoms with Crippen molar-refractivity contribution in [3.8, 4) is 11.8 Å². The highest BCUT2D eigenvalue weighted by molar-refractivity contribution is 9.10. The van der Waals surface area contributed by atoms with E-state index in [0.29, 0.717) is 6.54 Å². The zero-order valence-corrected chi connectivity index (χ0v) is 16.2. The van der Waals surface area contributed by atoms with Gasteiger partial charge in [-0.05, 0) is 42.3 Å². The molecule has 0 saturated carbocycles. The van der Waals surface area contributed by atoms with Crippen molar-refractivity contribution in [1.82, 2.24) is 10.6 Å². The lowest BCUT2D eigenvalue weighted by molar-refractivity contribution is -0.117. The van der Waals surface area contributed by atoms with Crippen molar-refractivity contribution < 1.29 is 9.53 Å². The highest BCUT2D eigenvalue weighted by atomic mass is 79.9. The van der Waals surface area contributed by atoms with Gasteiger partial charge in [-0.25, -0.2) is 0 Å². The van der Waals surface area contributed by atoms with Crippen LogP contribution in [0.2, 0.25) is 0 Å². The Morgan fingerprint density at radius 2 is 2.04 bits per heavy atom. The normalized spacial score (nSPS) is 12.0. The van der Waals surface area contributed by atoms with Gasteiger partial charge in [0.15, 0.2) is 0 Å². The predicted octanol–water partition coefficient (Wildman–Crippen LogP) is 3.83. The molecule has 0 radical (unpaired) electrons. The Balaban J connectivity index is 1.95. The van der Waals surface area contributed by atoms with Crippen molar-refractivity contribution >= 4 is 21.8 Å². The van der Waals surface area contributed by atoms with E-state index in [1.807, 2.05) is 61.5 Å². The molecule has 2 aromatic rings. The lowest BCUT2D eigenvalue weighted by atomic mass is 10.1. The molecule has 2 rings (SSSR count). The first-order valence-electron chi connectivity index (χ1n) is 8.06. The molecule has 1 atom stereocenters. The van der Waals surface area contributed by atoms with Gasteiger partial charge >= 0.3 is 0 Å². The number of methoxy groups -OCH3 is 1. The second-order valence-corrected chi connectivity index (χ2v) is 6.56. The summed E-state index contributed by atoms with van der Waals surface area (Å²) < 4.78 is 6.10. The minimum absolute atomic E-state index is 0.0281. The smallest absolute Gasteiger partial charge is 0.263 e. The second kappa shape index (κ2) is 9.64. The largest absolute Gasteiger partial charge is 0.497 e. The van der Waals surface area contributed by atoms with Gasteiger partial charge in [-0.3, -0.25) is 4.79 Å². The number of rotatable bonds is 7. The van der Waals surface area contributed by atoms with Gasteiger partial charge in [-0.15, -0.1) is 0 Å². The summed E-state index contributed by atoms with van der Waals surface area (Å²) in [6.07, 6.45) is 1.44. The third-order valence-corrected chi connectivity index (χ3v) is 4.26. The summed E-state index contributed by atoms with van der Waals surface area (Å²) in [7, 11) is 1.60. The Morgan fingerprint density at radius 1 is 1.31 bits per heavy atom. The number of hydrogen-bond donors (Lipinski definition) is 2. The number of nitriles is 1. The summed E-state index contributed by atoms with van der Waals surface area (Å²) >= 11 is 3.41. The molecule has 134 valence electrons. The minimum atomic E-state index is -0.419. The number of halogens is 1. The molecule has 0 aromatic heterocycles. The monoisotopic (exact) mass is 413 g/mol. The van der Waals surface area contributed by atoms with E-state index in [9.17, 15) is 10.1 Å². The quantitative estimate of drug-likeness (QED) is 0.534. The SMILES string of the molecule is COc1ccc(C(C)NC(=O)/C(C#N)=C\NCc2cccc(Br)c2)cc1. The number of nitrogens with zero attached hydrogens (tertiary/aromatic N) is 1. The third-order valence-electron chi connectivity index (χ3n) is 3.77. The molecule has 0 bridgehead atoms. The topological polar surface area (TPSA) is 74.1 Å². The maximum atomic E-state index is 12.3. The Bertz CT molecular complexity index is 826. The second-order valence-electron chi connectivity index (χ2n) is 5.65. The summed E-state index contributed by atoms with van der Waals surface area (Å²) in [5.74, 6) is 0.333. The summed E-state index contributed by atoms with van der Waals surface area (Å²) in [5.41, 5.74) is 2.00. The van der Waals surface area contributed by atoms with Crippen LogP contribution in [0.15, 0.2) is 64.8 Å². The van der Waals surface area contributed by atoms with Gasteiger partial charge in [0.1, 0.15) is 17.4 Å². The van der Waals surface area contributed by atoms with E-state index < -0.39 is 5.91 Å². The molecule has 6 heteroatoms. The average molecular weight is 414 g/mol. The number of ether oxygens (including phenoxy) is 1. The first-order chi connectivity index (χ1) is 12.5. The lowest BCUT2D eigenvalue weighted by Crippen LogP contribution is -2.28. The van der Waals surface area contributed by atoms with Crippen LogP contribution < -0.4 is 15.4 Å². The molecule has 0 aliphatic carbocycles. The predicted molar refractivity (Wildman–Crippen MR) is 104 cm³/mol. The first-order valence-corrected chi connectivity index (χ1v) is 8.85. The van der Waals surface area contributed by atoms with Crippen LogP contribution in [0.1, 0.15) is 24.1 Å². The van der Waals surface area contributed by atoms with Crippen LogP contribution in [0.4, 0.5) is 0 Å². The van der Waals surface area contributed by atoms with E-state index in [2.05, 4.69) is 26.6 Å². The average Bonchev–Trinajstić information content (AvgIpc) is 2.65. The molecule has 2 aromatic carbocycles. The van der Waals surface area contributed by atoms with Crippen molar-refractivity contribution in [3.63, 3.8) is 0 Å². The first kappa shape index (κ1) is 19.5. The highest BCUT2D eigenvalue weighted by Crippen LogP contribution is 2.17. The van der Waals surface area contributed by atoms with Gasteiger partial charge < -0.3 is 15.4 Å². The number of amides is 1. The van der Waals surface area contributed by atoms with Crippen LogP contribution in [0.3, 0.4) is 0 Å². The zero-order valence-electron chi connectivity index (χ0n) is 14.6. The third kappa shape index (κ3) is 5.64. The van der Waals surface area contributed by atoms with Crippen molar-refractivity contribution in [1.29, 1.82) is 5.26 Å². The molecule has 0 aliphatic heterocycles. The van der Waals surface area contributed by atoms with Crippen molar-refractivity contribution in [2.24, 2.45) is 0 Å². The van der Waals surface area contributed by atoms with E-state index in [-0.39, 0.29) is 11.6 Å². The van der Waals surface area contributed by atoms with Crippen LogP contribution in [-0.2, 0) is 11.3 Å². The standard InChI is InChI=1S/C20H20BrN3O2/c1-14(16-6-8-19(26-2)9-7-16)24-20(25)17(11-22)13-23-12-15-4-3-5-18(21)10-15/h3-10,13-14,23H,12H2,1-2H3,(H,24,25)/b17-13-. The van der Waals surface area contributed by atoms with Crippen LogP contribution in [-0.4, -0.2) is 13.0 Å². The zero-order chi connectivity index (χ0) is 18.9. The number of benzene rings is 2. The van der Waals surface area contributed by atoms with E-state index in [1.54, 1.807) is 7.11 Å².